The first-order valence-corrected chi connectivity index (χ1v) is 11.6. The van der Waals surface area contributed by atoms with Crippen LogP contribution >= 0.6 is 22.9 Å². The van der Waals surface area contributed by atoms with E-state index in [0.717, 1.165) is 16.7 Å². The average molecular weight is 554 g/mol. The first-order chi connectivity index (χ1) is 17.4. The number of hydrogen-bond acceptors (Lipinski definition) is 8. The first-order valence-electron chi connectivity index (χ1n) is 10.5. The van der Waals surface area contributed by atoms with Crippen molar-refractivity contribution in [2.24, 2.45) is 4.99 Å². The van der Waals surface area contributed by atoms with Gasteiger partial charge in [0.15, 0.2) is 16.2 Å². The van der Waals surface area contributed by atoms with Crippen LogP contribution in [0, 0.1) is 10.1 Å². The zero-order chi connectivity index (χ0) is 27.1. The summed E-state index contributed by atoms with van der Waals surface area (Å²) in [5.41, 5.74) is -3.49. The summed E-state index contributed by atoms with van der Waals surface area (Å²) in [6.45, 7) is 1.21. The maximum Gasteiger partial charge on any atom is 0.434 e. The lowest BCUT2D eigenvalue weighted by molar-refractivity contribution is -0.385. The molecule has 2 aromatic carbocycles. The fourth-order valence-electron chi connectivity index (χ4n) is 3.73. The molecule has 14 heteroatoms. The Morgan fingerprint density at radius 1 is 1.30 bits per heavy atom. The highest BCUT2D eigenvalue weighted by Crippen LogP contribution is 2.38. The Bertz CT molecular complexity index is 1630. The number of hydrogen-bond donors (Lipinski definition) is 1. The number of rotatable bonds is 5. The van der Waals surface area contributed by atoms with Crippen molar-refractivity contribution in [2.75, 3.05) is 6.61 Å². The minimum absolute atomic E-state index is 0.107. The average Bonchev–Trinajstić information content (AvgIpc) is 3.14. The smallest absolute Gasteiger partial charge is 0.434 e. The van der Waals surface area contributed by atoms with Crippen LogP contribution in [-0.4, -0.2) is 33.3 Å². The number of nitro benzene ring substituents is 1. The number of esters is 1. The molecule has 3 aromatic rings. The third kappa shape index (κ3) is 5.00. The number of ether oxygens (including phenoxy) is 1. The second-order valence-electron chi connectivity index (χ2n) is 7.62. The number of phenols is 1. The number of fused-ring (bicyclic) bond motifs is 1. The Morgan fingerprint density at radius 2 is 1.97 bits per heavy atom. The van der Waals surface area contributed by atoms with E-state index < -0.39 is 51.4 Å². The van der Waals surface area contributed by atoms with E-state index in [0.29, 0.717) is 11.3 Å². The molecule has 1 aromatic heterocycles. The number of phenolic OH excluding ortho intramolecular Hbond substituents is 1. The summed E-state index contributed by atoms with van der Waals surface area (Å²) in [5.74, 6) is -1.89. The molecule has 0 unspecified atom stereocenters. The second-order valence-corrected chi connectivity index (χ2v) is 9.07. The Labute approximate surface area is 214 Å². The molecule has 2 heterocycles. The van der Waals surface area contributed by atoms with Gasteiger partial charge in [-0.1, -0.05) is 41.1 Å². The van der Waals surface area contributed by atoms with Gasteiger partial charge in [0.2, 0.25) is 0 Å². The van der Waals surface area contributed by atoms with Crippen LogP contribution in [0.15, 0.2) is 63.5 Å². The number of carbonyl (C=O) groups is 1. The molecule has 0 radical (unpaired) electrons. The van der Waals surface area contributed by atoms with Crippen molar-refractivity contribution in [2.45, 2.75) is 19.1 Å². The predicted molar refractivity (Wildman–Crippen MR) is 127 cm³/mol. The molecule has 1 aliphatic heterocycles. The Kier molecular flexibility index (Phi) is 6.93. The van der Waals surface area contributed by atoms with Gasteiger partial charge in [-0.2, -0.15) is 13.2 Å². The standard InChI is InChI=1S/C23H15ClF3N3O6S/c1-2-36-21(33)17-18(12-4-6-13(24)7-5-12)29-20(32)16(37-22(29)28-19(17)23(25,26)27)10-11-3-8-15(31)14(9-11)30(34)35/h3-10,18,31H,2H2,1H3/b16-10-/t18-/m0/s1. The van der Waals surface area contributed by atoms with Gasteiger partial charge >= 0.3 is 17.8 Å². The van der Waals surface area contributed by atoms with Crippen molar-refractivity contribution in [3.05, 3.63) is 99.7 Å². The molecule has 1 atom stereocenters. The molecule has 0 saturated carbocycles. The number of thiazole rings is 1. The van der Waals surface area contributed by atoms with Crippen LogP contribution in [-0.2, 0) is 9.53 Å². The highest BCUT2D eigenvalue weighted by atomic mass is 35.5. The molecule has 0 aliphatic carbocycles. The van der Waals surface area contributed by atoms with Crippen LogP contribution in [0.5, 0.6) is 5.75 Å². The lowest BCUT2D eigenvalue weighted by Crippen LogP contribution is -2.41. The summed E-state index contributed by atoms with van der Waals surface area (Å²) < 4.78 is 48.0. The monoisotopic (exact) mass is 553 g/mol. The zero-order valence-corrected chi connectivity index (χ0v) is 20.2. The van der Waals surface area contributed by atoms with Crippen molar-refractivity contribution in [3.63, 3.8) is 0 Å². The number of aromatic hydroxyl groups is 1. The molecule has 1 aliphatic rings. The van der Waals surface area contributed by atoms with Crippen LogP contribution in [0.4, 0.5) is 18.9 Å². The molecule has 0 bridgehead atoms. The number of alkyl halides is 3. The van der Waals surface area contributed by atoms with Gasteiger partial charge in [0.05, 0.1) is 27.7 Å². The van der Waals surface area contributed by atoms with E-state index in [4.69, 9.17) is 16.3 Å². The maximum absolute atomic E-state index is 14.1. The third-order valence-electron chi connectivity index (χ3n) is 5.27. The highest BCUT2D eigenvalue weighted by Gasteiger charge is 2.45. The lowest BCUT2D eigenvalue weighted by Gasteiger charge is -2.26. The number of allylic oxidation sites excluding steroid dienone is 1. The summed E-state index contributed by atoms with van der Waals surface area (Å²) in [6, 6.07) is 7.38. The quantitative estimate of drug-likeness (QED) is 0.292. The van der Waals surface area contributed by atoms with E-state index in [1.165, 1.54) is 43.3 Å². The van der Waals surface area contributed by atoms with Crippen LogP contribution in [0.25, 0.3) is 6.08 Å². The van der Waals surface area contributed by atoms with E-state index in [2.05, 4.69) is 4.99 Å². The summed E-state index contributed by atoms with van der Waals surface area (Å²) in [7, 11) is 0. The van der Waals surface area contributed by atoms with Gasteiger partial charge < -0.3 is 9.84 Å². The fourth-order valence-corrected chi connectivity index (χ4v) is 4.86. The SMILES string of the molecule is CCOC(=O)C1=C(C(F)(F)F)N=c2s/c(=C\c3ccc(O)c([N+](=O)[O-])c3)c(=O)n2[C@H]1c1ccc(Cl)cc1. The molecule has 0 saturated heterocycles. The number of aromatic nitrogens is 1. The van der Waals surface area contributed by atoms with E-state index in [-0.39, 0.29) is 32.1 Å². The first kappa shape index (κ1) is 26.1. The fraction of sp³-hybridized carbons (Fsp3) is 0.174. The van der Waals surface area contributed by atoms with E-state index >= 15 is 0 Å². The third-order valence-corrected chi connectivity index (χ3v) is 6.51. The van der Waals surface area contributed by atoms with Gasteiger partial charge in [0.1, 0.15) is 0 Å². The number of nitrogens with zero attached hydrogens (tertiary/aromatic N) is 3. The molecule has 0 spiro atoms. The highest BCUT2D eigenvalue weighted by molar-refractivity contribution is 7.07. The topological polar surface area (TPSA) is 124 Å². The second kappa shape index (κ2) is 9.82. The van der Waals surface area contributed by atoms with E-state index in [1.807, 2.05) is 0 Å². The number of benzene rings is 2. The molecule has 1 N–H and O–H groups in total. The molecule has 37 heavy (non-hydrogen) atoms. The molecular weight excluding hydrogens is 539 g/mol. The van der Waals surface area contributed by atoms with Gasteiger partial charge in [-0.25, -0.2) is 9.79 Å². The normalized spacial score (nSPS) is 15.8. The summed E-state index contributed by atoms with van der Waals surface area (Å²) >= 11 is 6.54. The lowest BCUT2D eigenvalue weighted by atomic mass is 9.95. The predicted octanol–water partition coefficient (Wildman–Crippen LogP) is 3.61. The van der Waals surface area contributed by atoms with Crippen LogP contribution in [0.1, 0.15) is 24.1 Å². The van der Waals surface area contributed by atoms with Crippen LogP contribution in [0.2, 0.25) is 5.02 Å². The van der Waals surface area contributed by atoms with Gasteiger partial charge in [0.25, 0.3) is 5.56 Å². The van der Waals surface area contributed by atoms with Crippen LogP contribution < -0.4 is 14.9 Å². The largest absolute Gasteiger partial charge is 0.502 e. The number of nitro groups is 1. The van der Waals surface area contributed by atoms with Gasteiger partial charge in [-0.15, -0.1) is 0 Å². The van der Waals surface area contributed by atoms with Gasteiger partial charge in [0, 0.05) is 11.1 Å². The van der Waals surface area contributed by atoms with Crippen LogP contribution in [0.3, 0.4) is 0 Å². The minimum atomic E-state index is -5.06. The number of carbonyl (C=O) groups excluding carboxylic acids is 1. The maximum atomic E-state index is 14.1. The summed E-state index contributed by atoms with van der Waals surface area (Å²) in [5, 5.41) is 21.1. The van der Waals surface area contributed by atoms with Crippen molar-refractivity contribution in [1.82, 2.24) is 4.57 Å². The van der Waals surface area contributed by atoms with Crippen molar-refractivity contribution >= 4 is 40.7 Å². The summed E-state index contributed by atoms with van der Waals surface area (Å²) in [6.07, 6.45) is -3.84. The molecule has 192 valence electrons. The molecule has 0 amide bonds. The van der Waals surface area contributed by atoms with E-state index in [1.54, 1.807) is 0 Å². The molecular formula is C23H15ClF3N3O6S. The van der Waals surface area contributed by atoms with Crippen molar-refractivity contribution in [3.8, 4) is 5.75 Å². The van der Waals surface area contributed by atoms with Gasteiger partial charge in [-0.05, 0) is 42.3 Å². The molecule has 4 rings (SSSR count). The van der Waals surface area contributed by atoms with E-state index in [9.17, 15) is 38.0 Å². The zero-order valence-electron chi connectivity index (χ0n) is 18.7. The minimum Gasteiger partial charge on any atom is -0.502 e. The Balaban J connectivity index is 2.03. The number of halogens is 4. The Morgan fingerprint density at radius 3 is 2.57 bits per heavy atom. The van der Waals surface area contributed by atoms with Crippen molar-refractivity contribution < 1.29 is 32.7 Å². The molecule has 9 nitrogen and oxygen atoms in total. The Hall–Kier alpha value is -3.97. The van der Waals surface area contributed by atoms with Gasteiger partial charge in [-0.3, -0.25) is 19.5 Å². The summed E-state index contributed by atoms with van der Waals surface area (Å²) in [4.78, 5) is 39.8. The van der Waals surface area contributed by atoms with Crippen molar-refractivity contribution in [1.29, 1.82) is 0 Å². The molecule has 0 fully saturated rings.